The van der Waals surface area contributed by atoms with Crippen LogP contribution in [0.5, 0.6) is 5.75 Å². The monoisotopic (exact) mass is 504 g/mol. The van der Waals surface area contributed by atoms with Crippen LogP contribution in [0.3, 0.4) is 0 Å². The number of esters is 1. The number of aliphatic hydroxyl groups excluding tert-OH is 3. The first-order valence-corrected chi connectivity index (χ1v) is 11.8. The van der Waals surface area contributed by atoms with Gasteiger partial charge < -0.3 is 29.5 Å². The van der Waals surface area contributed by atoms with E-state index in [1.165, 1.54) is 12.1 Å². The van der Waals surface area contributed by atoms with Crippen LogP contribution in [-0.4, -0.2) is 65.0 Å². The number of rotatable bonds is 13. The molecule has 2 rings (SSSR count). The molecule has 1 aromatic carbocycles. The number of unbranched alkanes of at least 4 members (excludes halogenated alkanes) is 1. The van der Waals surface area contributed by atoms with E-state index in [2.05, 4.69) is 0 Å². The standard InChI is InChI=1S/C25H35F3O7/c1-16(2)35-23(32)11-6-4-3-5-10-20-21(30)13-22(31)24(20)34-15-18(29)14-33-19-9-7-8-17(12-19)25(26,27)28/h3,5,7-9,12,16,18,20-22,24,29-31H,4,6,10-11,13-15H2,1-2H3/t18-,20-,21-,22+,24+/m0/s1. The lowest BCUT2D eigenvalue weighted by molar-refractivity contribution is -0.147. The molecular weight excluding hydrogens is 469 g/mol. The number of allylic oxidation sites excluding steroid dienone is 2. The quantitative estimate of drug-likeness (QED) is 0.214. The van der Waals surface area contributed by atoms with E-state index in [4.69, 9.17) is 14.2 Å². The van der Waals surface area contributed by atoms with Crippen LogP contribution in [0, 0.1) is 5.92 Å². The number of ether oxygens (including phenoxy) is 3. The molecule has 0 radical (unpaired) electrons. The number of carbonyl (C=O) groups is 1. The van der Waals surface area contributed by atoms with Crippen molar-refractivity contribution in [2.75, 3.05) is 13.2 Å². The second-order valence-electron chi connectivity index (χ2n) is 8.96. The Balaban J connectivity index is 1.76. The van der Waals surface area contributed by atoms with Gasteiger partial charge in [-0.1, -0.05) is 18.2 Å². The average molecular weight is 505 g/mol. The topological polar surface area (TPSA) is 105 Å². The maximum absolute atomic E-state index is 12.8. The fourth-order valence-electron chi connectivity index (χ4n) is 3.87. The van der Waals surface area contributed by atoms with Gasteiger partial charge in [0.25, 0.3) is 0 Å². The molecular formula is C25H35F3O7. The molecule has 10 heteroatoms. The van der Waals surface area contributed by atoms with Gasteiger partial charge in [0.2, 0.25) is 0 Å². The van der Waals surface area contributed by atoms with Gasteiger partial charge in [-0.15, -0.1) is 0 Å². The minimum Gasteiger partial charge on any atom is -0.491 e. The highest BCUT2D eigenvalue weighted by Gasteiger charge is 2.42. The number of benzene rings is 1. The molecule has 1 aliphatic carbocycles. The van der Waals surface area contributed by atoms with Gasteiger partial charge in [-0.3, -0.25) is 4.79 Å². The molecule has 0 unspecified atom stereocenters. The lowest BCUT2D eigenvalue weighted by Crippen LogP contribution is -2.35. The smallest absolute Gasteiger partial charge is 0.416 e. The van der Waals surface area contributed by atoms with Crippen LogP contribution in [-0.2, 0) is 20.4 Å². The zero-order chi connectivity index (χ0) is 26.0. The van der Waals surface area contributed by atoms with Gasteiger partial charge in [0, 0.05) is 18.8 Å². The largest absolute Gasteiger partial charge is 0.491 e. The lowest BCUT2D eigenvalue weighted by atomic mass is 9.98. The average Bonchev–Trinajstić information content (AvgIpc) is 3.04. The summed E-state index contributed by atoms with van der Waals surface area (Å²) >= 11 is 0. The third-order valence-electron chi connectivity index (χ3n) is 5.56. The predicted molar refractivity (Wildman–Crippen MR) is 122 cm³/mol. The van der Waals surface area contributed by atoms with Gasteiger partial charge in [0.05, 0.1) is 36.6 Å². The molecule has 0 spiro atoms. The Hall–Kier alpha value is -2.14. The van der Waals surface area contributed by atoms with Crippen LogP contribution in [0.25, 0.3) is 0 Å². The van der Waals surface area contributed by atoms with E-state index in [1.807, 2.05) is 12.2 Å². The third-order valence-corrected chi connectivity index (χ3v) is 5.56. The van der Waals surface area contributed by atoms with Gasteiger partial charge in [0.15, 0.2) is 0 Å². The molecule has 3 N–H and O–H groups in total. The molecule has 1 saturated carbocycles. The van der Waals surface area contributed by atoms with Crippen molar-refractivity contribution in [1.82, 2.24) is 0 Å². The molecule has 7 nitrogen and oxygen atoms in total. The summed E-state index contributed by atoms with van der Waals surface area (Å²) < 4.78 is 54.4. The number of halogens is 3. The maximum Gasteiger partial charge on any atom is 0.416 e. The van der Waals surface area contributed by atoms with E-state index in [0.717, 1.165) is 12.1 Å². The van der Waals surface area contributed by atoms with Gasteiger partial charge in [-0.2, -0.15) is 13.2 Å². The van der Waals surface area contributed by atoms with Crippen LogP contribution < -0.4 is 4.74 Å². The van der Waals surface area contributed by atoms with Crippen molar-refractivity contribution in [3.63, 3.8) is 0 Å². The van der Waals surface area contributed by atoms with Crippen molar-refractivity contribution >= 4 is 5.97 Å². The minimum atomic E-state index is -4.50. The summed E-state index contributed by atoms with van der Waals surface area (Å²) in [4.78, 5) is 11.5. The van der Waals surface area contributed by atoms with Gasteiger partial charge in [-0.05, 0) is 51.3 Å². The van der Waals surface area contributed by atoms with Crippen LogP contribution >= 0.6 is 0 Å². The van der Waals surface area contributed by atoms with E-state index in [0.29, 0.717) is 25.7 Å². The van der Waals surface area contributed by atoms with Crippen molar-refractivity contribution in [2.45, 2.75) is 82.6 Å². The van der Waals surface area contributed by atoms with Crippen LogP contribution in [0.2, 0.25) is 0 Å². The highest BCUT2D eigenvalue weighted by molar-refractivity contribution is 5.69. The van der Waals surface area contributed by atoms with Crippen molar-refractivity contribution in [2.24, 2.45) is 5.92 Å². The van der Waals surface area contributed by atoms with Gasteiger partial charge in [-0.25, -0.2) is 0 Å². The summed E-state index contributed by atoms with van der Waals surface area (Å²) in [6.07, 6.45) is -2.22. The Morgan fingerprint density at radius 2 is 1.91 bits per heavy atom. The van der Waals surface area contributed by atoms with Crippen LogP contribution in [0.1, 0.15) is 51.5 Å². The molecule has 1 aromatic rings. The first kappa shape index (κ1) is 29.1. The molecule has 0 bridgehead atoms. The zero-order valence-corrected chi connectivity index (χ0v) is 20.0. The molecule has 5 atom stereocenters. The Morgan fingerprint density at radius 3 is 2.60 bits per heavy atom. The second-order valence-corrected chi connectivity index (χ2v) is 8.96. The highest BCUT2D eigenvalue weighted by Crippen LogP contribution is 2.33. The number of alkyl halides is 3. The van der Waals surface area contributed by atoms with E-state index in [-0.39, 0.29) is 43.4 Å². The molecule has 0 aliphatic heterocycles. The Morgan fingerprint density at radius 1 is 1.17 bits per heavy atom. The first-order chi connectivity index (χ1) is 16.5. The number of hydrogen-bond donors (Lipinski definition) is 3. The molecule has 0 amide bonds. The van der Waals surface area contributed by atoms with E-state index in [9.17, 15) is 33.3 Å². The number of carbonyl (C=O) groups excluding carboxylic acids is 1. The highest BCUT2D eigenvalue weighted by atomic mass is 19.4. The maximum atomic E-state index is 12.8. The molecule has 0 aromatic heterocycles. The van der Waals surface area contributed by atoms with Crippen molar-refractivity contribution in [1.29, 1.82) is 0 Å². The van der Waals surface area contributed by atoms with Crippen LogP contribution in [0.15, 0.2) is 36.4 Å². The molecule has 0 heterocycles. The number of hydrogen-bond acceptors (Lipinski definition) is 7. The zero-order valence-electron chi connectivity index (χ0n) is 20.0. The van der Waals surface area contributed by atoms with Crippen molar-refractivity contribution in [3.05, 3.63) is 42.0 Å². The Labute approximate surface area is 203 Å². The summed E-state index contributed by atoms with van der Waals surface area (Å²) in [7, 11) is 0. The van der Waals surface area contributed by atoms with E-state index >= 15 is 0 Å². The minimum absolute atomic E-state index is 0.0318. The van der Waals surface area contributed by atoms with Crippen LogP contribution in [0.4, 0.5) is 13.2 Å². The van der Waals surface area contributed by atoms with Gasteiger partial charge in [0.1, 0.15) is 18.5 Å². The fraction of sp³-hybridized carbons (Fsp3) is 0.640. The summed E-state index contributed by atoms with van der Waals surface area (Å²) in [6.45, 7) is 3.07. The van der Waals surface area contributed by atoms with E-state index < -0.39 is 36.2 Å². The molecule has 198 valence electrons. The molecule has 1 aliphatic rings. The fourth-order valence-corrected chi connectivity index (χ4v) is 3.87. The number of aliphatic hydroxyl groups is 3. The van der Waals surface area contributed by atoms with Gasteiger partial charge >= 0.3 is 12.1 Å². The Bertz CT molecular complexity index is 812. The second kappa shape index (κ2) is 13.8. The third kappa shape index (κ3) is 10.2. The van der Waals surface area contributed by atoms with E-state index in [1.54, 1.807) is 13.8 Å². The normalized spacial score (nSPS) is 23.7. The molecule has 35 heavy (non-hydrogen) atoms. The summed E-state index contributed by atoms with van der Waals surface area (Å²) in [5.41, 5.74) is -0.852. The molecule has 0 saturated heterocycles. The Kier molecular flexibility index (Phi) is 11.5. The SMILES string of the molecule is CC(C)OC(=O)CCCC=CC[C@@H]1[C@@H](OC[C@@H](O)COc2cccc(C(F)(F)F)c2)[C@H](O)C[C@@H]1O. The van der Waals surface area contributed by atoms with Crippen molar-refractivity contribution < 1.29 is 47.5 Å². The summed E-state index contributed by atoms with van der Waals surface area (Å²) in [5, 5.41) is 30.7. The summed E-state index contributed by atoms with van der Waals surface area (Å²) in [5.74, 6) is -0.661. The predicted octanol–water partition coefficient (Wildman–Crippen LogP) is 3.64. The van der Waals surface area contributed by atoms with Crippen molar-refractivity contribution in [3.8, 4) is 5.75 Å². The molecule has 1 fully saturated rings. The summed E-state index contributed by atoms with van der Waals surface area (Å²) in [6, 6.07) is 4.34. The lowest BCUT2D eigenvalue weighted by Gasteiger charge is -2.24. The first-order valence-electron chi connectivity index (χ1n) is 11.8.